The van der Waals surface area contributed by atoms with E-state index in [1.165, 1.54) is 4.90 Å². The molecule has 2 amide bonds. The van der Waals surface area contributed by atoms with Gasteiger partial charge in [0.15, 0.2) is 6.10 Å². The van der Waals surface area contributed by atoms with E-state index in [0.717, 1.165) is 15.7 Å². The highest BCUT2D eigenvalue weighted by Crippen LogP contribution is 2.48. The predicted molar refractivity (Wildman–Crippen MR) is 131 cm³/mol. The van der Waals surface area contributed by atoms with Gasteiger partial charge in [-0.1, -0.05) is 30.3 Å². The van der Waals surface area contributed by atoms with Crippen LogP contribution in [-0.2, 0) is 14.4 Å². The third-order valence-electron chi connectivity index (χ3n) is 6.03. The van der Waals surface area contributed by atoms with Gasteiger partial charge in [-0.05, 0) is 64.8 Å². The molecule has 3 atom stereocenters. The number of rotatable bonds is 6. The number of carbonyl (C=O) groups is 2. The molecule has 2 aliphatic heterocycles. The number of halogens is 1. The number of ether oxygens (including phenoxy) is 2. The molecule has 174 valence electrons. The first kappa shape index (κ1) is 22.4. The molecule has 3 aromatic carbocycles. The number of amides is 2. The Morgan fingerprint density at radius 2 is 1.71 bits per heavy atom. The number of para-hydroxylation sites is 1. The minimum atomic E-state index is -0.936. The number of fused-ring (bicyclic) bond motifs is 1. The van der Waals surface area contributed by atoms with Crippen LogP contribution < -0.4 is 19.4 Å². The zero-order valence-corrected chi connectivity index (χ0v) is 20.3. The summed E-state index contributed by atoms with van der Waals surface area (Å²) in [6.07, 6.45) is -0.936. The Hall–Kier alpha value is -3.36. The summed E-state index contributed by atoms with van der Waals surface area (Å²) in [5, 5.41) is 1.67. The van der Waals surface area contributed by atoms with E-state index in [0.29, 0.717) is 23.8 Å². The molecule has 0 bridgehead atoms. The second kappa shape index (κ2) is 9.12. The highest BCUT2D eigenvalue weighted by atomic mass is 79.9. The Morgan fingerprint density at radius 3 is 2.41 bits per heavy atom. The molecule has 8 heteroatoms. The Kier molecular flexibility index (Phi) is 6.02. The van der Waals surface area contributed by atoms with Crippen molar-refractivity contribution >= 4 is 39.1 Å². The molecular formula is C26H23BrN2O5. The van der Waals surface area contributed by atoms with Gasteiger partial charge < -0.3 is 9.47 Å². The van der Waals surface area contributed by atoms with Crippen molar-refractivity contribution in [2.45, 2.75) is 19.1 Å². The maximum absolute atomic E-state index is 13.8. The Morgan fingerprint density at radius 1 is 0.941 bits per heavy atom. The molecule has 2 fully saturated rings. The van der Waals surface area contributed by atoms with Crippen LogP contribution in [-0.4, -0.2) is 31.6 Å². The van der Waals surface area contributed by atoms with E-state index in [1.807, 2.05) is 55.5 Å². The number of benzene rings is 3. The van der Waals surface area contributed by atoms with Crippen molar-refractivity contribution in [1.29, 1.82) is 0 Å². The van der Waals surface area contributed by atoms with E-state index in [1.54, 1.807) is 36.4 Å². The zero-order chi connectivity index (χ0) is 23.8. The molecule has 0 saturated carbocycles. The number of hydrogen-bond donors (Lipinski definition) is 0. The fraction of sp³-hybridized carbons (Fsp3) is 0.231. The van der Waals surface area contributed by atoms with Gasteiger partial charge in [-0.2, -0.15) is 0 Å². The number of hydrogen-bond acceptors (Lipinski definition) is 6. The summed E-state index contributed by atoms with van der Waals surface area (Å²) in [6, 6.07) is 21.6. The van der Waals surface area contributed by atoms with Crippen LogP contribution in [0, 0.1) is 5.92 Å². The zero-order valence-electron chi connectivity index (χ0n) is 18.7. The van der Waals surface area contributed by atoms with Crippen LogP contribution >= 0.6 is 15.9 Å². The van der Waals surface area contributed by atoms with E-state index < -0.39 is 18.1 Å². The molecule has 2 saturated heterocycles. The summed E-state index contributed by atoms with van der Waals surface area (Å²) in [5.74, 6) is -0.142. The molecular weight excluding hydrogens is 500 g/mol. The summed E-state index contributed by atoms with van der Waals surface area (Å²) >= 11 is 3.54. The molecule has 5 rings (SSSR count). The normalized spacial score (nSPS) is 21.7. The van der Waals surface area contributed by atoms with Gasteiger partial charge in [0, 0.05) is 6.07 Å². The van der Waals surface area contributed by atoms with Gasteiger partial charge in [-0.15, -0.1) is 0 Å². The average Bonchev–Trinajstić information content (AvgIpc) is 3.36. The number of anilines is 2. The number of nitrogens with zero attached hydrogens (tertiary/aromatic N) is 2. The highest BCUT2D eigenvalue weighted by molar-refractivity contribution is 9.10. The van der Waals surface area contributed by atoms with E-state index in [2.05, 4.69) is 15.9 Å². The van der Waals surface area contributed by atoms with Crippen LogP contribution in [0.15, 0.2) is 77.3 Å². The average molecular weight is 523 g/mol. The Labute approximate surface area is 205 Å². The summed E-state index contributed by atoms with van der Waals surface area (Å²) < 4.78 is 11.7. The Balaban J connectivity index is 1.57. The maximum atomic E-state index is 13.8. The summed E-state index contributed by atoms with van der Waals surface area (Å²) in [4.78, 5) is 34.6. The third kappa shape index (κ3) is 3.73. The molecule has 0 aromatic heterocycles. The molecule has 0 radical (unpaired) electrons. The lowest BCUT2D eigenvalue weighted by Crippen LogP contribution is -2.37. The summed E-state index contributed by atoms with van der Waals surface area (Å²) in [5.41, 5.74) is 2.06. The molecule has 2 heterocycles. The Bertz CT molecular complexity index is 1230. The minimum Gasteiger partial charge on any atom is -0.496 e. The van der Waals surface area contributed by atoms with Crippen LogP contribution in [0.2, 0.25) is 0 Å². The van der Waals surface area contributed by atoms with Crippen molar-refractivity contribution in [1.82, 2.24) is 0 Å². The molecule has 34 heavy (non-hydrogen) atoms. The van der Waals surface area contributed by atoms with E-state index >= 15 is 0 Å². The number of carbonyl (C=O) groups excluding carboxylic acids is 2. The second-order valence-corrected chi connectivity index (χ2v) is 8.85. The van der Waals surface area contributed by atoms with Crippen LogP contribution in [0.5, 0.6) is 11.5 Å². The molecule has 3 aromatic rings. The molecule has 0 N–H and O–H groups in total. The van der Waals surface area contributed by atoms with Crippen LogP contribution in [0.3, 0.4) is 0 Å². The van der Waals surface area contributed by atoms with Gasteiger partial charge in [0.25, 0.3) is 5.91 Å². The predicted octanol–water partition coefficient (Wildman–Crippen LogP) is 4.91. The van der Waals surface area contributed by atoms with Crippen LogP contribution in [0.25, 0.3) is 0 Å². The minimum absolute atomic E-state index is 0.306. The fourth-order valence-corrected chi connectivity index (χ4v) is 5.11. The van der Waals surface area contributed by atoms with Crippen molar-refractivity contribution < 1.29 is 23.9 Å². The van der Waals surface area contributed by atoms with Crippen LogP contribution in [0.4, 0.5) is 11.4 Å². The quantitative estimate of drug-likeness (QED) is 0.428. The lowest BCUT2D eigenvalue weighted by atomic mass is 9.90. The van der Waals surface area contributed by atoms with Crippen molar-refractivity contribution in [3.8, 4) is 11.5 Å². The second-order valence-electron chi connectivity index (χ2n) is 7.99. The number of imide groups is 1. The van der Waals surface area contributed by atoms with Gasteiger partial charge in [0.2, 0.25) is 5.91 Å². The van der Waals surface area contributed by atoms with Gasteiger partial charge >= 0.3 is 0 Å². The standard InChI is InChI=1S/C26H23BrN2O5/c1-3-33-19-11-7-10-18(15-19)28-25(30)22-23(16-12-13-21(32-2)20(27)14-16)29(34-24(22)26(28)31)17-8-5-4-6-9-17/h4-15,22-24H,3H2,1-2H3. The van der Waals surface area contributed by atoms with Gasteiger partial charge in [0.1, 0.15) is 17.4 Å². The first-order valence-electron chi connectivity index (χ1n) is 11.0. The molecule has 0 aliphatic carbocycles. The largest absolute Gasteiger partial charge is 0.496 e. The lowest BCUT2D eigenvalue weighted by Gasteiger charge is -2.29. The third-order valence-corrected chi connectivity index (χ3v) is 6.65. The topological polar surface area (TPSA) is 68.3 Å². The highest BCUT2D eigenvalue weighted by Gasteiger charge is 2.60. The molecule has 0 spiro atoms. The van der Waals surface area contributed by atoms with Crippen molar-refractivity contribution in [2.75, 3.05) is 23.7 Å². The maximum Gasteiger partial charge on any atom is 0.266 e. The first-order chi connectivity index (χ1) is 16.5. The SMILES string of the molecule is CCOc1cccc(N2C(=O)C3ON(c4ccccc4)C(c4ccc(OC)c(Br)c4)C3C2=O)c1. The molecule has 3 unspecified atom stereocenters. The number of methoxy groups -OCH3 is 1. The fourth-order valence-electron chi connectivity index (χ4n) is 4.55. The van der Waals surface area contributed by atoms with Crippen LogP contribution in [0.1, 0.15) is 18.5 Å². The monoisotopic (exact) mass is 522 g/mol. The number of hydroxylamine groups is 1. The van der Waals surface area contributed by atoms with Gasteiger partial charge in [-0.25, -0.2) is 9.96 Å². The molecule has 7 nitrogen and oxygen atoms in total. The lowest BCUT2D eigenvalue weighted by molar-refractivity contribution is -0.126. The van der Waals surface area contributed by atoms with E-state index in [9.17, 15) is 9.59 Å². The smallest absolute Gasteiger partial charge is 0.266 e. The van der Waals surface area contributed by atoms with Gasteiger partial charge in [0.05, 0.1) is 35.6 Å². The van der Waals surface area contributed by atoms with Gasteiger partial charge in [-0.3, -0.25) is 14.4 Å². The van der Waals surface area contributed by atoms with Crippen molar-refractivity contribution in [3.05, 3.63) is 82.8 Å². The van der Waals surface area contributed by atoms with E-state index in [4.69, 9.17) is 14.3 Å². The molecule has 2 aliphatic rings. The summed E-state index contributed by atoms with van der Waals surface area (Å²) in [7, 11) is 1.60. The first-order valence-corrected chi connectivity index (χ1v) is 11.8. The van der Waals surface area contributed by atoms with Crippen molar-refractivity contribution in [2.24, 2.45) is 5.92 Å². The van der Waals surface area contributed by atoms with Crippen molar-refractivity contribution in [3.63, 3.8) is 0 Å². The summed E-state index contributed by atoms with van der Waals surface area (Å²) in [6.45, 7) is 2.37. The van der Waals surface area contributed by atoms with E-state index in [-0.39, 0.29) is 11.8 Å².